The highest BCUT2D eigenvalue weighted by atomic mass is 16.3. The summed E-state index contributed by atoms with van der Waals surface area (Å²) < 4.78 is 13.2. The molecule has 0 radical (unpaired) electrons. The van der Waals surface area contributed by atoms with E-state index in [1.54, 1.807) is 0 Å². The molecule has 214 valence electrons. The fourth-order valence-electron chi connectivity index (χ4n) is 7.51. The Morgan fingerprint density at radius 2 is 0.978 bits per heavy atom. The van der Waals surface area contributed by atoms with Gasteiger partial charge in [0.2, 0.25) is 0 Å². The molecule has 10 rings (SSSR count). The van der Waals surface area contributed by atoms with Gasteiger partial charge in [0.15, 0.2) is 0 Å². The van der Waals surface area contributed by atoms with Gasteiger partial charge in [-0.2, -0.15) is 0 Å². The molecule has 8 aromatic carbocycles. The van der Waals surface area contributed by atoms with Crippen molar-refractivity contribution in [2.45, 2.75) is 0 Å². The van der Waals surface area contributed by atoms with E-state index in [0.29, 0.717) is 0 Å². The topological polar surface area (TPSA) is 26.3 Å². The van der Waals surface area contributed by atoms with E-state index < -0.39 is 0 Å². The van der Waals surface area contributed by atoms with E-state index >= 15 is 0 Å². The highest BCUT2D eigenvalue weighted by Gasteiger charge is 2.25. The van der Waals surface area contributed by atoms with Crippen molar-refractivity contribution < 1.29 is 8.83 Å². The zero-order chi connectivity index (χ0) is 30.2. The summed E-state index contributed by atoms with van der Waals surface area (Å²) in [5.74, 6) is 0. The average Bonchev–Trinajstić information content (AvgIpc) is 3.71. The van der Waals surface area contributed by atoms with E-state index in [2.05, 4.69) is 140 Å². The molecule has 10 aromatic rings. The predicted molar refractivity (Wildman–Crippen MR) is 192 cm³/mol. The number of para-hydroxylation sites is 1. The van der Waals surface area contributed by atoms with Crippen LogP contribution in [0.2, 0.25) is 0 Å². The largest absolute Gasteiger partial charge is 0.463 e. The third kappa shape index (κ3) is 3.59. The molecule has 2 aromatic heterocycles. The molecule has 0 atom stereocenters. The van der Waals surface area contributed by atoms with Crippen LogP contribution in [0.15, 0.2) is 167 Å². The molecule has 0 saturated heterocycles. The lowest BCUT2D eigenvalue weighted by atomic mass is 9.84. The van der Waals surface area contributed by atoms with Gasteiger partial charge in [-0.25, -0.2) is 0 Å². The molecule has 0 spiro atoms. The monoisotopic (exact) mass is 586 g/mol. The fourth-order valence-corrected chi connectivity index (χ4v) is 7.51. The lowest BCUT2D eigenvalue weighted by Crippen LogP contribution is -1.92. The molecule has 0 N–H and O–H groups in total. The van der Waals surface area contributed by atoms with E-state index in [0.717, 1.165) is 55.2 Å². The zero-order valence-electron chi connectivity index (χ0n) is 24.8. The molecule has 0 aliphatic heterocycles. The smallest absolute Gasteiger partial charge is 0.143 e. The van der Waals surface area contributed by atoms with Gasteiger partial charge in [-0.05, 0) is 67.2 Å². The van der Waals surface area contributed by atoms with Crippen molar-refractivity contribution in [3.8, 4) is 33.4 Å². The average molecular weight is 587 g/mol. The van der Waals surface area contributed by atoms with E-state index in [1.165, 1.54) is 43.4 Å². The number of fused-ring (bicyclic) bond motifs is 7. The van der Waals surface area contributed by atoms with Crippen LogP contribution in [-0.4, -0.2) is 0 Å². The van der Waals surface area contributed by atoms with Crippen LogP contribution in [0.5, 0.6) is 0 Å². The predicted octanol–water partition coefficient (Wildman–Crippen LogP) is 12.8. The Hall–Kier alpha value is -6.12. The lowest BCUT2D eigenvalue weighted by molar-refractivity contribution is 0.618. The molecule has 0 unspecified atom stereocenters. The molecular weight excluding hydrogens is 560 g/mol. The molecule has 2 heterocycles. The minimum atomic E-state index is 0.856. The van der Waals surface area contributed by atoms with Crippen molar-refractivity contribution in [1.82, 2.24) is 0 Å². The van der Waals surface area contributed by atoms with E-state index in [9.17, 15) is 0 Å². The van der Waals surface area contributed by atoms with E-state index in [4.69, 9.17) is 8.83 Å². The van der Waals surface area contributed by atoms with Crippen molar-refractivity contribution >= 4 is 65.2 Å². The third-order valence-corrected chi connectivity index (χ3v) is 9.51. The lowest BCUT2D eigenvalue weighted by Gasteiger charge is -2.19. The maximum Gasteiger partial charge on any atom is 0.143 e. The standard InChI is InChI=1S/C44H26O2/c1-2-13-28(14-3-1)37-26-45-44-36(37)25-39-42(35-20-10-11-21-38(35)46-39)43(44)41-33-18-8-6-16-31(33)40(32-17-7-9-19-34(32)41)30-23-22-27-12-4-5-15-29(27)24-30/h1-26H. The van der Waals surface area contributed by atoms with E-state index in [1.807, 2.05) is 18.4 Å². The Balaban J connectivity index is 1.40. The van der Waals surface area contributed by atoms with Gasteiger partial charge in [0, 0.05) is 32.8 Å². The van der Waals surface area contributed by atoms with Crippen molar-refractivity contribution in [3.63, 3.8) is 0 Å². The fraction of sp³-hybridized carbons (Fsp3) is 0. The van der Waals surface area contributed by atoms with Gasteiger partial charge >= 0.3 is 0 Å². The van der Waals surface area contributed by atoms with Gasteiger partial charge < -0.3 is 8.83 Å². The van der Waals surface area contributed by atoms with Crippen LogP contribution in [0.1, 0.15) is 0 Å². The normalized spacial score (nSPS) is 11.9. The molecule has 0 aliphatic carbocycles. The maximum atomic E-state index is 6.63. The van der Waals surface area contributed by atoms with Crippen molar-refractivity contribution in [2.75, 3.05) is 0 Å². The summed E-state index contributed by atoms with van der Waals surface area (Å²) in [6.07, 6.45) is 1.90. The summed E-state index contributed by atoms with van der Waals surface area (Å²) >= 11 is 0. The second-order valence-electron chi connectivity index (χ2n) is 12.0. The molecule has 0 bridgehead atoms. The molecular formula is C44H26O2. The molecule has 0 aliphatic rings. The Labute approximate surface area is 264 Å². The quantitative estimate of drug-likeness (QED) is 0.193. The summed E-state index contributed by atoms with van der Waals surface area (Å²) in [5.41, 5.74) is 9.44. The first-order valence-corrected chi connectivity index (χ1v) is 15.7. The van der Waals surface area contributed by atoms with Crippen LogP contribution in [0, 0.1) is 0 Å². The zero-order valence-corrected chi connectivity index (χ0v) is 24.8. The minimum Gasteiger partial charge on any atom is -0.463 e. The summed E-state index contributed by atoms with van der Waals surface area (Å²) in [6.45, 7) is 0. The van der Waals surface area contributed by atoms with Crippen LogP contribution < -0.4 is 0 Å². The molecule has 46 heavy (non-hydrogen) atoms. The Morgan fingerprint density at radius 3 is 1.72 bits per heavy atom. The number of furan rings is 2. The van der Waals surface area contributed by atoms with Gasteiger partial charge in [0.05, 0.1) is 6.26 Å². The first-order valence-electron chi connectivity index (χ1n) is 15.7. The van der Waals surface area contributed by atoms with Gasteiger partial charge in [0.1, 0.15) is 16.7 Å². The summed E-state index contributed by atoms with van der Waals surface area (Å²) in [5, 5.41) is 10.5. The highest BCUT2D eigenvalue weighted by Crippen LogP contribution is 2.51. The van der Waals surface area contributed by atoms with Crippen LogP contribution in [0.4, 0.5) is 0 Å². The third-order valence-electron chi connectivity index (χ3n) is 9.51. The first kappa shape index (κ1) is 25.2. The van der Waals surface area contributed by atoms with Gasteiger partial charge in [0.25, 0.3) is 0 Å². The van der Waals surface area contributed by atoms with Gasteiger partial charge in [-0.3, -0.25) is 0 Å². The van der Waals surface area contributed by atoms with Gasteiger partial charge in [-0.15, -0.1) is 0 Å². The first-order chi connectivity index (χ1) is 22.8. The van der Waals surface area contributed by atoms with Crippen molar-refractivity contribution in [2.24, 2.45) is 0 Å². The number of benzene rings is 8. The van der Waals surface area contributed by atoms with Crippen LogP contribution in [-0.2, 0) is 0 Å². The molecule has 2 heteroatoms. The Kier molecular flexibility index (Phi) is 5.31. The molecule has 2 nitrogen and oxygen atoms in total. The van der Waals surface area contributed by atoms with Crippen LogP contribution in [0.25, 0.3) is 98.6 Å². The summed E-state index contributed by atoms with van der Waals surface area (Å²) in [4.78, 5) is 0. The number of rotatable bonds is 3. The maximum absolute atomic E-state index is 6.63. The Morgan fingerprint density at radius 1 is 0.370 bits per heavy atom. The van der Waals surface area contributed by atoms with Crippen molar-refractivity contribution in [1.29, 1.82) is 0 Å². The SMILES string of the molecule is c1ccc(-c2coc3c(-c4c5ccccc5c(-c5ccc6ccccc6c5)c5ccccc45)c4c(cc23)oc2ccccc24)cc1. The second kappa shape index (κ2) is 9.69. The van der Waals surface area contributed by atoms with Crippen molar-refractivity contribution in [3.05, 3.63) is 158 Å². The molecule has 0 fully saturated rings. The second-order valence-corrected chi connectivity index (χ2v) is 12.0. The number of hydrogen-bond acceptors (Lipinski definition) is 2. The Bertz CT molecular complexity index is 2740. The van der Waals surface area contributed by atoms with Crippen LogP contribution >= 0.6 is 0 Å². The minimum absolute atomic E-state index is 0.856. The van der Waals surface area contributed by atoms with Gasteiger partial charge in [-0.1, -0.05) is 133 Å². The number of hydrogen-bond donors (Lipinski definition) is 0. The van der Waals surface area contributed by atoms with E-state index in [-0.39, 0.29) is 0 Å². The highest BCUT2D eigenvalue weighted by molar-refractivity contribution is 6.30. The molecule has 0 saturated carbocycles. The molecule has 0 amide bonds. The van der Waals surface area contributed by atoms with Crippen LogP contribution in [0.3, 0.4) is 0 Å². The summed E-state index contributed by atoms with van der Waals surface area (Å²) in [7, 11) is 0. The summed E-state index contributed by atoms with van der Waals surface area (Å²) in [6, 6.07) is 54.0.